The number of methoxy groups -OCH3 is 1. The SMILES string of the molecule is COc1cc(NC(=O)CCOC(=O)Nc2ccccc2-c2ccccc2)c(Cl)cc1CNC[C@@H](O)c1ccc(OC2CCNCC2)c2[nH]c(=O)ccc12. The predicted molar refractivity (Wildman–Crippen MR) is 206 cm³/mol. The minimum atomic E-state index is -0.903. The second kappa shape index (κ2) is 17.9. The minimum absolute atomic E-state index is 0.0455. The first-order chi connectivity index (χ1) is 25.8. The zero-order valence-electron chi connectivity index (χ0n) is 29.2. The standard InChI is InChI=1S/C40H42ClN5O7/c1-51-36-22-33(44-38(49)17-20-52-40(50)45-32-10-6-5-9-28(32)25-7-3-2-4-8-25)31(41)21-26(36)23-43-24-34(47)29-11-13-35(53-27-15-18-42-19-16-27)39-30(29)12-14-37(48)46-39/h2-14,21-22,27,34,42-43,47H,15-20,23-24H2,1H3,(H,44,49)(H,45,50)(H,46,48)/t34-/m1/s1. The average molecular weight is 740 g/mol. The number of anilines is 2. The van der Waals surface area contributed by atoms with Crippen molar-refractivity contribution >= 4 is 45.9 Å². The maximum absolute atomic E-state index is 12.8. The number of aliphatic hydroxyl groups excluding tert-OH is 1. The molecule has 1 aromatic heterocycles. The zero-order valence-corrected chi connectivity index (χ0v) is 30.0. The maximum atomic E-state index is 12.8. The molecule has 12 nitrogen and oxygen atoms in total. The number of aromatic nitrogens is 1. The summed E-state index contributed by atoms with van der Waals surface area (Å²) < 4.78 is 17.1. The number of piperidine rings is 1. The summed E-state index contributed by atoms with van der Waals surface area (Å²) in [6.45, 7) is 2.09. The Morgan fingerprint density at radius 1 is 0.925 bits per heavy atom. The summed E-state index contributed by atoms with van der Waals surface area (Å²) >= 11 is 6.56. The van der Waals surface area contributed by atoms with E-state index in [4.69, 9.17) is 25.8 Å². The molecule has 2 amide bonds. The summed E-state index contributed by atoms with van der Waals surface area (Å²) in [5, 5.41) is 24.2. The molecule has 13 heteroatoms. The van der Waals surface area contributed by atoms with Crippen molar-refractivity contribution in [1.82, 2.24) is 15.6 Å². The Morgan fingerprint density at radius 3 is 2.49 bits per heavy atom. The number of aromatic amines is 1. The van der Waals surface area contributed by atoms with Crippen LogP contribution < -0.4 is 36.3 Å². The lowest BCUT2D eigenvalue weighted by atomic mass is 10.0. The first-order valence-corrected chi connectivity index (χ1v) is 17.8. The van der Waals surface area contributed by atoms with E-state index in [9.17, 15) is 19.5 Å². The van der Waals surface area contributed by atoms with Crippen LogP contribution in [0.25, 0.3) is 22.0 Å². The van der Waals surface area contributed by atoms with Crippen molar-refractivity contribution in [2.75, 3.05) is 44.0 Å². The molecule has 4 aromatic carbocycles. The zero-order chi connectivity index (χ0) is 37.2. The minimum Gasteiger partial charge on any atom is -0.496 e. The van der Waals surface area contributed by atoms with Crippen LogP contribution in [0.4, 0.5) is 16.2 Å². The van der Waals surface area contributed by atoms with Crippen molar-refractivity contribution in [3.63, 3.8) is 0 Å². The van der Waals surface area contributed by atoms with Gasteiger partial charge in [0.15, 0.2) is 0 Å². The van der Waals surface area contributed by atoms with E-state index >= 15 is 0 Å². The van der Waals surface area contributed by atoms with E-state index in [1.54, 1.807) is 30.3 Å². The molecule has 1 aliphatic rings. The van der Waals surface area contributed by atoms with E-state index in [2.05, 4.69) is 26.3 Å². The van der Waals surface area contributed by atoms with Crippen molar-refractivity contribution in [1.29, 1.82) is 0 Å². The van der Waals surface area contributed by atoms with Crippen molar-refractivity contribution in [2.24, 2.45) is 0 Å². The highest BCUT2D eigenvalue weighted by Gasteiger charge is 2.20. The van der Waals surface area contributed by atoms with Gasteiger partial charge in [0.25, 0.3) is 0 Å². The van der Waals surface area contributed by atoms with Crippen LogP contribution in [0.1, 0.15) is 36.5 Å². The van der Waals surface area contributed by atoms with Gasteiger partial charge in [-0.2, -0.15) is 0 Å². The highest BCUT2D eigenvalue weighted by atomic mass is 35.5. The molecule has 276 valence electrons. The van der Waals surface area contributed by atoms with Crippen LogP contribution in [-0.2, 0) is 16.1 Å². The number of hydrogen-bond donors (Lipinski definition) is 6. The number of H-pyrrole nitrogens is 1. The van der Waals surface area contributed by atoms with Gasteiger partial charge >= 0.3 is 6.09 Å². The number of amides is 2. The molecule has 5 aromatic rings. The number of aliphatic hydroxyl groups is 1. The summed E-state index contributed by atoms with van der Waals surface area (Å²) in [5.74, 6) is 0.654. The third kappa shape index (κ3) is 9.73. The molecule has 0 unspecified atom stereocenters. The summed E-state index contributed by atoms with van der Waals surface area (Å²) in [6.07, 6.45) is 0.110. The third-order valence-electron chi connectivity index (χ3n) is 8.94. The maximum Gasteiger partial charge on any atom is 0.411 e. The molecule has 53 heavy (non-hydrogen) atoms. The number of pyridine rings is 1. The first-order valence-electron chi connectivity index (χ1n) is 17.5. The molecule has 2 heterocycles. The van der Waals surface area contributed by atoms with Crippen molar-refractivity contribution < 1.29 is 28.9 Å². The highest BCUT2D eigenvalue weighted by molar-refractivity contribution is 6.33. The molecular formula is C40H42ClN5O7. The predicted octanol–water partition coefficient (Wildman–Crippen LogP) is 6.39. The van der Waals surface area contributed by atoms with E-state index in [1.165, 1.54) is 13.2 Å². The number of ether oxygens (including phenoxy) is 3. The van der Waals surface area contributed by atoms with Gasteiger partial charge in [0.2, 0.25) is 11.5 Å². The molecule has 0 saturated carbocycles. The average Bonchev–Trinajstić information content (AvgIpc) is 3.17. The number of para-hydroxylation sites is 1. The van der Waals surface area contributed by atoms with Crippen molar-refractivity contribution in [2.45, 2.75) is 38.0 Å². The normalized spacial score (nSPS) is 13.6. The first kappa shape index (κ1) is 37.4. The van der Waals surface area contributed by atoms with Crippen LogP contribution in [-0.4, -0.2) is 61.5 Å². The van der Waals surface area contributed by atoms with Gasteiger partial charge in [0.05, 0.1) is 41.5 Å². The van der Waals surface area contributed by atoms with E-state index in [0.717, 1.165) is 37.1 Å². The van der Waals surface area contributed by atoms with Crippen molar-refractivity contribution in [3.05, 3.63) is 117 Å². The second-order valence-corrected chi connectivity index (χ2v) is 13.0. The Labute approximate surface area is 311 Å². The Morgan fingerprint density at radius 2 is 1.70 bits per heavy atom. The number of nitrogens with one attached hydrogen (secondary N) is 5. The smallest absolute Gasteiger partial charge is 0.411 e. The number of carbonyl (C=O) groups is 2. The molecule has 0 bridgehead atoms. The molecular weight excluding hydrogens is 698 g/mol. The molecule has 0 spiro atoms. The second-order valence-electron chi connectivity index (χ2n) is 12.6. The van der Waals surface area contributed by atoms with E-state index < -0.39 is 18.1 Å². The van der Waals surface area contributed by atoms with Crippen LogP contribution >= 0.6 is 11.6 Å². The van der Waals surface area contributed by atoms with Crippen molar-refractivity contribution in [3.8, 4) is 22.6 Å². The van der Waals surface area contributed by atoms with Gasteiger partial charge in [-0.05, 0) is 61.3 Å². The fraction of sp³-hybridized carbons (Fsp3) is 0.275. The lowest BCUT2D eigenvalue weighted by Gasteiger charge is -2.25. The molecule has 0 aliphatic carbocycles. The van der Waals surface area contributed by atoms with Crippen LogP contribution in [0.3, 0.4) is 0 Å². The van der Waals surface area contributed by atoms with Crippen LogP contribution in [0.5, 0.6) is 11.5 Å². The lowest BCUT2D eigenvalue weighted by molar-refractivity contribution is -0.116. The Hall–Kier alpha value is -5.40. The summed E-state index contributed by atoms with van der Waals surface area (Å²) in [6, 6.07) is 27.1. The number of rotatable bonds is 14. The fourth-order valence-corrected chi connectivity index (χ4v) is 6.49. The van der Waals surface area contributed by atoms with Gasteiger partial charge in [-0.25, -0.2) is 4.79 Å². The van der Waals surface area contributed by atoms with E-state index in [-0.39, 0.29) is 36.3 Å². The van der Waals surface area contributed by atoms with Gasteiger partial charge in [-0.15, -0.1) is 0 Å². The van der Waals surface area contributed by atoms with Gasteiger partial charge in [-0.3, -0.25) is 14.9 Å². The lowest BCUT2D eigenvalue weighted by Crippen LogP contribution is -2.34. The largest absolute Gasteiger partial charge is 0.496 e. The molecule has 0 radical (unpaired) electrons. The molecule has 6 rings (SSSR count). The van der Waals surface area contributed by atoms with Gasteiger partial charge in [-0.1, -0.05) is 66.2 Å². The number of fused-ring (bicyclic) bond motifs is 1. The Bertz CT molecular complexity index is 2100. The van der Waals surface area contributed by atoms with Crippen LogP contribution in [0.15, 0.2) is 95.8 Å². The summed E-state index contributed by atoms with van der Waals surface area (Å²) in [4.78, 5) is 40.4. The van der Waals surface area contributed by atoms with Gasteiger partial charge in [0, 0.05) is 41.7 Å². The highest BCUT2D eigenvalue weighted by Crippen LogP contribution is 2.33. The quantitative estimate of drug-likeness (QED) is 0.0758. The van der Waals surface area contributed by atoms with E-state index in [0.29, 0.717) is 51.4 Å². The Kier molecular flexibility index (Phi) is 12.6. The van der Waals surface area contributed by atoms with Gasteiger partial charge in [0.1, 0.15) is 24.2 Å². The number of benzene rings is 4. The monoisotopic (exact) mass is 739 g/mol. The Balaban J connectivity index is 1.01. The summed E-state index contributed by atoms with van der Waals surface area (Å²) in [5.41, 5.74) is 4.37. The molecule has 1 fully saturated rings. The molecule has 6 N–H and O–H groups in total. The molecule has 1 saturated heterocycles. The third-order valence-corrected chi connectivity index (χ3v) is 9.25. The van der Waals surface area contributed by atoms with Crippen LogP contribution in [0, 0.1) is 0 Å². The van der Waals surface area contributed by atoms with E-state index in [1.807, 2.05) is 54.6 Å². The molecule has 1 aliphatic heterocycles. The fourth-order valence-electron chi connectivity index (χ4n) is 6.26. The summed E-state index contributed by atoms with van der Waals surface area (Å²) in [7, 11) is 1.51. The topological polar surface area (TPSA) is 163 Å². The number of hydrogen-bond acceptors (Lipinski definition) is 9. The van der Waals surface area contributed by atoms with Crippen LogP contribution in [0.2, 0.25) is 5.02 Å². The molecule has 1 atom stereocenters. The number of halogens is 1. The van der Waals surface area contributed by atoms with Gasteiger partial charge < -0.3 is 40.3 Å². The number of carbonyl (C=O) groups excluding carboxylic acids is 2.